The zero-order chi connectivity index (χ0) is 24.4. The number of aryl methyl sites for hydroxylation is 2. The third-order valence-corrected chi connectivity index (χ3v) is 8.94. The van der Waals surface area contributed by atoms with Crippen molar-refractivity contribution in [2.45, 2.75) is 50.0 Å². The summed E-state index contributed by atoms with van der Waals surface area (Å²) in [5, 5.41) is 7.10. The Labute approximate surface area is 205 Å². The van der Waals surface area contributed by atoms with Crippen LogP contribution in [-0.4, -0.2) is 36.9 Å². The van der Waals surface area contributed by atoms with Gasteiger partial charge < -0.3 is 14.3 Å². The maximum absolute atomic E-state index is 13.5. The van der Waals surface area contributed by atoms with Crippen LogP contribution in [0.3, 0.4) is 0 Å². The summed E-state index contributed by atoms with van der Waals surface area (Å²) in [6.45, 7) is 2.16. The first-order chi connectivity index (χ1) is 16.9. The summed E-state index contributed by atoms with van der Waals surface area (Å²) in [5.41, 5.74) is 2.80. The first-order valence-corrected chi connectivity index (χ1v) is 13.4. The number of carbonyl (C=O) groups excluding carboxylic acids is 1. The van der Waals surface area contributed by atoms with Crippen molar-refractivity contribution in [1.82, 2.24) is 14.8 Å². The van der Waals surface area contributed by atoms with Crippen molar-refractivity contribution in [3.8, 4) is 0 Å². The Hall–Kier alpha value is -3.17. The Morgan fingerprint density at radius 1 is 1.11 bits per heavy atom. The van der Waals surface area contributed by atoms with Crippen molar-refractivity contribution in [3.05, 3.63) is 71.0 Å². The molecule has 5 rings (SSSR count). The number of fused-ring (bicyclic) bond motifs is 1. The van der Waals surface area contributed by atoms with E-state index in [1.54, 1.807) is 31.2 Å². The smallest absolute Gasteiger partial charge is 0.248 e. The van der Waals surface area contributed by atoms with Crippen LogP contribution in [0.1, 0.15) is 60.1 Å². The normalized spacial score (nSPS) is 19.6. The van der Waals surface area contributed by atoms with Crippen LogP contribution in [0.25, 0.3) is 12.2 Å². The third-order valence-electron chi connectivity index (χ3n) is 6.88. The molecule has 0 bridgehead atoms. The minimum Gasteiger partial charge on any atom is -0.465 e. The van der Waals surface area contributed by atoms with E-state index < -0.39 is 10.0 Å². The number of carbonyl (C=O) groups is 1. The van der Waals surface area contributed by atoms with Gasteiger partial charge in [-0.2, -0.15) is 4.31 Å². The molecule has 0 spiro atoms. The second-order valence-electron chi connectivity index (χ2n) is 9.14. The highest BCUT2D eigenvalue weighted by molar-refractivity contribution is 7.89. The predicted octanol–water partition coefficient (Wildman–Crippen LogP) is 4.34. The fourth-order valence-corrected chi connectivity index (χ4v) is 6.74. The van der Waals surface area contributed by atoms with E-state index in [0.29, 0.717) is 24.3 Å². The van der Waals surface area contributed by atoms with Crippen LogP contribution >= 0.6 is 0 Å². The van der Waals surface area contributed by atoms with Crippen molar-refractivity contribution in [2.75, 3.05) is 13.1 Å². The summed E-state index contributed by atoms with van der Waals surface area (Å²) in [4.78, 5) is 13.1. The lowest BCUT2D eigenvalue weighted by Crippen LogP contribution is -2.44. The van der Waals surface area contributed by atoms with Crippen molar-refractivity contribution >= 4 is 28.1 Å². The van der Waals surface area contributed by atoms with Crippen LogP contribution < -0.4 is 5.32 Å². The van der Waals surface area contributed by atoms with E-state index in [4.69, 9.17) is 8.94 Å². The molecule has 2 aliphatic rings. The molecule has 1 aromatic carbocycles. The molecule has 8 nitrogen and oxygen atoms in total. The molecule has 1 aliphatic carbocycles. The molecule has 9 heteroatoms. The highest BCUT2D eigenvalue weighted by Crippen LogP contribution is 2.32. The Bertz CT molecular complexity index is 1320. The number of furan rings is 1. The van der Waals surface area contributed by atoms with Crippen LogP contribution in [0.15, 0.2) is 56.5 Å². The summed E-state index contributed by atoms with van der Waals surface area (Å²) in [6.07, 6.45) is 8.69. The first-order valence-electron chi connectivity index (χ1n) is 12.0. The average Bonchev–Trinajstić information content (AvgIpc) is 3.53. The largest absolute Gasteiger partial charge is 0.465 e. The monoisotopic (exact) mass is 495 g/mol. The van der Waals surface area contributed by atoms with E-state index in [1.807, 2.05) is 12.1 Å². The van der Waals surface area contributed by atoms with Gasteiger partial charge in [0.15, 0.2) is 10.7 Å². The predicted molar refractivity (Wildman–Crippen MR) is 131 cm³/mol. The van der Waals surface area contributed by atoms with Gasteiger partial charge in [0, 0.05) is 19.0 Å². The van der Waals surface area contributed by atoms with Crippen LogP contribution in [0.5, 0.6) is 0 Å². The second kappa shape index (κ2) is 9.83. The Morgan fingerprint density at radius 2 is 1.91 bits per heavy atom. The number of amides is 1. The van der Waals surface area contributed by atoms with Crippen molar-refractivity contribution in [3.63, 3.8) is 0 Å². The van der Waals surface area contributed by atoms with Crippen molar-refractivity contribution in [1.29, 1.82) is 0 Å². The summed E-state index contributed by atoms with van der Waals surface area (Å²) >= 11 is 0. The molecule has 35 heavy (non-hydrogen) atoms. The lowest BCUT2D eigenvalue weighted by Gasteiger charge is -2.32. The number of hydrogen-bond acceptors (Lipinski definition) is 6. The van der Waals surface area contributed by atoms with Crippen molar-refractivity contribution in [2.24, 2.45) is 5.92 Å². The standard InChI is InChI=1S/C26H29N3O5S/c1-18-25(24(34-28-18)12-11-21-8-5-17-33-21)35(31,32)29-15-13-20(14-16-29)26(30)27-23-10-4-7-19-6-2-3-9-22(19)23/h2-3,5-6,8-9,11-12,17,20,23H,4,7,10,13-16H2,1H3,(H,27,30)/b12-11+. The quantitative estimate of drug-likeness (QED) is 0.545. The zero-order valence-electron chi connectivity index (χ0n) is 19.6. The average molecular weight is 496 g/mol. The summed E-state index contributed by atoms with van der Waals surface area (Å²) in [5.74, 6) is 0.536. The number of benzene rings is 1. The molecule has 184 valence electrons. The molecule has 1 saturated heterocycles. The van der Waals surface area contributed by atoms with Gasteiger partial charge in [-0.1, -0.05) is 29.4 Å². The molecule has 1 fully saturated rings. The van der Waals surface area contributed by atoms with E-state index in [-0.39, 0.29) is 41.6 Å². The maximum Gasteiger partial charge on any atom is 0.248 e. The highest BCUT2D eigenvalue weighted by atomic mass is 32.2. The number of hydrogen-bond donors (Lipinski definition) is 1. The van der Waals surface area contributed by atoms with E-state index in [0.717, 1.165) is 19.3 Å². The third kappa shape index (κ3) is 4.83. The lowest BCUT2D eigenvalue weighted by atomic mass is 9.87. The number of nitrogens with one attached hydrogen (secondary N) is 1. The van der Waals surface area contributed by atoms with Gasteiger partial charge in [-0.3, -0.25) is 4.79 Å². The molecular weight excluding hydrogens is 466 g/mol. The molecule has 3 aromatic rings. The van der Waals surface area contributed by atoms with Gasteiger partial charge >= 0.3 is 0 Å². The van der Waals surface area contributed by atoms with Gasteiger partial charge in [0.05, 0.1) is 12.3 Å². The molecule has 3 heterocycles. The summed E-state index contributed by atoms with van der Waals surface area (Å²) in [6, 6.07) is 11.8. The first kappa shape index (κ1) is 23.6. The number of sulfonamides is 1. The van der Waals surface area contributed by atoms with Crippen LogP contribution in [0.4, 0.5) is 0 Å². The molecule has 2 aromatic heterocycles. The van der Waals surface area contributed by atoms with E-state index in [2.05, 4.69) is 22.6 Å². The maximum atomic E-state index is 13.5. The molecule has 0 saturated carbocycles. The topological polar surface area (TPSA) is 106 Å². The number of piperidine rings is 1. The van der Waals surface area contributed by atoms with E-state index in [1.165, 1.54) is 21.7 Å². The Kier molecular flexibility index (Phi) is 6.62. The van der Waals surface area contributed by atoms with E-state index >= 15 is 0 Å². The number of nitrogens with zero attached hydrogens (tertiary/aromatic N) is 2. The second-order valence-corrected chi connectivity index (χ2v) is 11.0. The van der Waals surface area contributed by atoms with Crippen LogP contribution in [-0.2, 0) is 21.2 Å². The molecule has 1 atom stereocenters. The minimum atomic E-state index is -3.82. The van der Waals surface area contributed by atoms with Crippen LogP contribution in [0, 0.1) is 12.8 Å². The Morgan fingerprint density at radius 3 is 2.69 bits per heavy atom. The lowest BCUT2D eigenvalue weighted by molar-refractivity contribution is -0.127. The van der Waals surface area contributed by atoms with Gasteiger partial charge in [0.1, 0.15) is 11.5 Å². The number of rotatable bonds is 6. The van der Waals surface area contributed by atoms with Gasteiger partial charge in [-0.15, -0.1) is 0 Å². The fraction of sp³-hybridized carbons (Fsp3) is 0.385. The fourth-order valence-electron chi connectivity index (χ4n) is 5.02. The molecule has 0 radical (unpaired) electrons. The van der Waals surface area contributed by atoms with Gasteiger partial charge in [0.25, 0.3) is 0 Å². The van der Waals surface area contributed by atoms with Gasteiger partial charge in [0.2, 0.25) is 15.9 Å². The zero-order valence-corrected chi connectivity index (χ0v) is 20.5. The molecule has 1 aliphatic heterocycles. The summed E-state index contributed by atoms with van der Waals surface area (Å²) in [7, 11) is -3.82. The van der Waals surface area contributed by atoms with Gasteiger partial charge in [-0.25, -0.2) is 8.42 Å². The van der Waals surface area contributed by atoms with Crippen molar-refractivity contribution < 1.29 is 22.2 Å². The molecule has 1 amide bonds. The molecule has 1 unspecified atom stereocenters. The van der Waals surface area contributed by atoms with E-state index in [9.17, 15) is 13.2 Å². The molecular formula is C26H29N3O5S. The van der Waals surface area contributed by atoms with Gasteiger partial charge in [-0.05, 0) is 74.4 Å². The minimum absolute atomic E-state index is 0.00646. The Balaban J connectivity index is 1.24. The summed E-state index contributed by atoms with van der Waals surface area (Å²) < 4.78 is 38.9. The number of aromatic nitrogens is 1. The highest BCUT2D eigenvalue weighted by Gasteiger charge is 2.36. The van der Waals surface area contributed by atoms with Crippen LogP contribution in [0.2, 0.25) is 0 Å². The molecule has 1 N–H and O–H groups in total. The SMILES string of the molecule is Cc1noc(/C=C/c2ccco2)c1S(=O)(=O)N1CCC(C(=O)NC2CCCc3ccccc32)CC1.